The summed E-state index contributed by atoms with van der Waals surface area (Å²) in [6, 6.07) is 0. The third-order valence-corrected chi connectivity index (χ3v) is 5.89. The van der Waals surface area contributed by atoms with Crippen LogP contribution >= 0.6 is 0 Å². The van der Waals surface area contributed by atoms with E-state index in [-0.39, 0.29) is 5.75 Å². The molecule has 0 spiro atoms. The lowest BCUT2D eigenvalue weighted by atomic mass is 10.1. The molecule has 0 aromatic rings. The van der Waals surface area contributed by atoms with Crippen molar-refractivity contribution in [1.82, 2.24) is 0 Å². The molecular formula is C17H30F5O2S. The van der Waals surface area contributed by atoms with Crippen LogP contribution in [-0.4, -0.2) is 32.0 Å². The largest absolute Gasteiger partial charge is 0.453 e. The first-order valence-electron chi connectivity index (χ1n) is 8.96. The molecule has 0 N–H and O–H groups in total. The first-order chi connectivity index (χ1) is 11.5. The first kappa shape index (κ1) is 24.6. The molecule has 0 unspecified atom stereocenters. The molecule has 25 heavy (non-hydrogen) atoms. The van der Waals surface area contributed by atoms with E-state index in [9.17, 15) is 30.4 Å². The average Bonchev–Trinajstić information content (AvgIpc) is 2.47. The third kappa shape index (κ3) is 12.6. The number of hydrogen-bond donors (Lipinski definition) is 0. The molecule has 0 fully saturated rings. The van der Waals surface area contributed by atoms with Crippen LogP contribution in [0.25, 0.3) is 0 Å². The van der Waals surface area contributed by atoms with Crippen molar-refractivity contribution < 1.29 is 30.4 Å². The summed E-state index contributed by atoms with van der Waals surface area (Å²) in [6.45, 7) is 3.78. The standard InChI is InChI=1S/C17H30F5O2S/c1-2-3-4-5-6-7-8-9-10-11-14-25(23,24)15-12-13-16(18,19)17(20,21)22/h1-15H2. The van der Waals surface area contributed by atoms with Gasteiger partial charge in [0.1, 0.15) is 9.84 Å². The highest BCUT2D eigenvalue weighted by atomic mass is 32.2. The van der Waals surface area contributed by atoms with E-state index in [1.165, 1.54) is 12.8 Å². The molecule has 0 atom stereocenters. The van der Waals surface area contributed by atoms with Gasteiger partial charge in [-0.2, -0.15) is 22.0 Å². The van der Waals surface area contributed by atoms with Crippen LogP contribution in [0.15, 0.2) is 0 Å². The molecule has 2 nitrogen and oxygen atoms in total. The highest BCUT2D eigenvalue weighted by molar-refractivity contribution is 7.91. The van der Waals surface area contributed by atoms with Crippen molar-refractivity contribution in [3.8, 4) is 0 Å². The predicted molar refractivity (Wildman–Crippen MR) is 90.4 cm³/mol. The Morgan fingerprint density at radius 1 is 0.640 bits per heavy atom. The van der Waals surface area contributed by atoms with Crippen LogP contribution in [0.5, 0.6) is 0 Å². The van der Waals surface area contributed by atoms with Crippen molar-refractivity contribution in [2.24, 2.45) is 0 Å². The van der Waals surface area contributed by atoms with Gasteiger partial charge < -0.3 is 0 Å². The molecule has 0 aromatic carbocycles. The Labute approximate surface area is 148 Å². The van der Waals surface area contributed by atoms with Crippen LogP contribution in [0.1, 0.15) is 77.0 Å². The van der Waals surface area contributed by atoms with E-state index in [0.29, 0.717) is 6.42 Å². The maximum atomic E-state index is 12.7. The SMILES string of the molecule is [CH2]CCCCCCCCCCCS(=O)(=O)CCCC(F)(F)C(F)(F)F. The fourth-order valence-corrected chi connectivity index (χ4v) is 3.93. The molecule has 0 aliphatic rings. The van der Waals surface area contributed by atoms with Crippen LogP contribution in [-0.2, 0) is 9.84 Å². The third-order valence-electron chi connectivity index (χ3n) is 4.07. The van der Waals surface area contributed by atoms with Gasteiger partial charge in [0.15, 0.2) is 0 Å². The summed E-state index contributed by atoms with van der Waals surface area (Å²) in [5.74, 6) is -5.59. The lowest BCUT2D eigenvalue weighted by molar-refractivity contribution is -0.284. The number of halogens is 5. The Morgan fingerprint density at radius 2 is 1.04 bits per heavy atom. The van der Waals surface area contributed by atoms with Crippen LogP contribution in [0.3, 0.4) is 0 Å². The van der Waals surface area contributed by atoms with Gasteiger partial charge in [-0.1, -0.05) is 64.7 Å². The minimum absolute atomic E-state index is 0.145. The topological polar surface area (TPSA) is 34.1 Å². The number of unbranched alkanes of at least 4 members (excludes halogenated alkanes) is 9. The molecule has 0 rings (SSSR count). The summed E-state index contributed by atoms with van der Waals surface area (Å²) in [6.07, 6.45) is 2.07. The van der Waals surface area contributed by atoms with E-state index < -0.39 is 40.5 Å². The lowest BCUT2D eigenvalue weighted by Gasteiger charge is -2.19. The van der Waals surface area contributed by atoms with Crippen molar-refractivity contribution >= 4 is 9.84 Å². The van der Waals surface area contributed by atoms with Crippen molar-refractivity contribution in [2.45, 2.75) is 89.1 Å². The first-order valence-corrected chi connectivity index (χ1v) is 10.8. The second kappa shape index (κ2) is 12.1. The van der Waals surface area contributed by atoms with Crippen LogP contribution in [0.4, 0.5) is 22.0 Å². The van der Waals surface area contributed by atoms with Crippen LogP contribution in [0.2, 0.25) is 0 Å². The molecular weight excluding hydrogens is 363 g/mol. The zero-order chi connectivity index (χ0) is 19.4. The Morgan fingerprint density at radius 3 is 1.48 bits per heavy atom. The van der Waals surface area contributed by atoms with Crippen LogP contribution in [0, 0.1) is 6.92 Å². The van der Waals surface area contributed by atoms with E-state index >= 15 is 0 Å². The summed E-state index contributed by atoms with van der Waals surface area (Å²) in [5, 5.41) is 0. The van der Waals surface area contributed by atoms with E-state index in [1.54, 1.807) is 0 Å². The molecule has 0 aliphatic carbocycles. The van der Waals surface area contributed by atoms with Gasteiger partial charge in [-0.3, -0.25) is 0 Å². The monoisotopic (exact) mass is 393 g/mol. The predicted octanol–water partition coefficient (Wildman–Crippen LogP) is 6.11. The van der Waals surface area contributed by atoms with Gasteiger partial charge >= 0.3 is 12.1 Å². The molecule has 151 valence electrons. The van der Waals surface area contributed by atoms with Crippen molar-refractivity contribution in [3.63, 3.8) is 0 Å². The normalized spacial score (nSPS) is 13.4. The molecule has 1 radical (unpaired) electrons. The Kier molecular flexibility index (Phi) is 11.9. The second-order valence-corrected chi connectivity index (χ2v) is 8.80. The zero-order valence-electron chi connectivity index (χ0n) is 14.7. The smallest absolute Gasteiger partial charge is 0.229 e. The van der Waals surface area contributed by atoms with E-state index in [0.717, 1.165) is 44.9 Å². The molecule has 8 heteroatoms. The summed E-state index contributed by atoms with van der Waals surface area (Å²) in [4.78, 5) is 0. The van der Waals surface area contributed by atoms with Crippen molar-refractivity contribution in [1.29, 1.82) is 0 Å². The summed E-state index contributed by atoms with van der Waals surface area (Å²) in [7, 11) is -3.56. The zero-order valence-corrected chi connectivity index (χ0v) is 15.5. The number of hydrogen-bond acceptors (Lipinski definition) is 2. The van der Waals surface area contributed by atoms with E-state index in [4.69, 9.17) is 0 Å². The fourth-order valence-electron chi connectivity index (χ4n) is 2.49. The van der Waals surface area contributed by atoms with Gasteiger partial charge in [0.05, 0.1) is 11.5 Å². The molecule has 0 aliphatic heterocycles. The Bertz CT molecular complexity index is 433. The highest BCUT2D eigenvalue weighted by Crippen LogP contribution is 2.38. The molecule has 0 amide bonds. The molecule has 0 bridgehead atoms. The minimum Gasteiger partial charge on any atom is -0.229 e. The maximum Gasteiger partial charge on any atom is 0.453 e. The average molecular weight is 393 g/mol. The Hall–Kier alpha value is -0.400. The van der Waals surface area contributed by atoms with E-state index in [1.807, 2.05) is 0 Å². The molecule has 0 saturated heterocycles. The Balaban J connectivity index is 3.72. The lowest BCUT2D eigenvalue weighted by Crippen LogP contribution is -2.36. The molecule has 0 heterocycles. The quantitative estimate of drug-likeness (QED) is 0.248. The van der Waals surface area contributed by atoms with Gasteiger partial charge in [0.2, 0.25) is 0 Å². The van der Waals surface area contributed by atoms with Gasteiger partial charge in [-0.15, -0.1) is 0 Å². The van der Waals surface area contributed by atoms with Gasteiger partial charge in [-0.05, 0) is 12.8 Å². The van der Waals surface area contributed by atoms with E-state index in [2.05, 4.69) is 6.92 Å². The second-order valence-electron chi connectivity index (χ2n) is 6.49. The van der Waals surface area contributed by atoms with Gasteiger partial charge in [-0.25, -0.2) is 8.42 Å². The summed E-state index contributed by atoms with van der Waals surface area (Å²) >= 11 is 0. The maximum absolute atomic E-state index is 12.7. The fraction of sp³-hybridized carbons (Fsp3) is 0.941. The molecule has 0 saturated carbocycles. The summed E-state index contributed by atoms with van der Waals surface area (Å²) < 4.78 is 84.7. The number of sulfone groups is 1. The van der Waals surface area contributed by atoms with Gasteiger partial charge in [0, 0.05) is 6.42 Å². The number of alkyl halides is 5. The van der Waals surface area contributed by atoms with Crippen molar-refractivity contribution in [3.05, 3.63) is 6.92 Å². The van der Waals surface area contributed by atoms with Crippen molar-refractivity contribution in [2.75, 3.05) is 11.5 Å². The molecule has 0 aromatic heterocycles. The minimum atomic E-state index is -5.62. The van der Waals surface area contributed by atoms with Crippen LogP contribution < -0.4 is 0 Å². The van der Waals surface area contributed by atoms with Gasteiger partial charge in [0.25, 0.3) is 0 Å². The number of rotatable bonds is 15. The summed E-state index contributed by atoms with van der Waals surface area (Å²) in [5.41, 5.74) is 0. The highest BCUT2D eigenvalue weighted by Gasteiger charge is 2.56.